The van der Waals surface area contributed by atoms with E-state index in [0.29, 0.717) is 19.3 Å². The summed E-state index contributed by atoms with van der Waals surface area (Å²) in [5.74, 6) is -0.945. The summed E-state index contributed by atoms with van der Waals surface area (Å²) in [6.45, 7) is 6.45. The molecule has 0 saturated carbocycles. The highest BCUT2D eigenvalue weighted by atomic mass is 16.6. The second-order valence-corrected chi connectivity index (χ2v) is 16.4. The Hall–Kier alpha value is -2.89. The van der Waals surface area contributed by atoms with Crippen LogP contribution < -0.4 is 0 Å². The third kappa shape index (κ3) is 46.0. The summed E-state index contributed by atoms with van der Waals surface area (Å²) < 4.78 is 16.7. The number of carbonyl (C=O) groups excluding carboxylic acids is 3. The molecule has 0 bridgehead atoms. The highest BCUT2D eigenvalue weighted by Crippen LogP contribution is 2.13. The summed E-state index contributed by atoms with van der Waals surface area (Å²) >= 11 is 0. The average molecular weight is 825 g/mol. The minimum atomic E-state index is -0.794. The molecule has 0 amide bonds. The van der Waals surface area contributed by atoms with Crippen LogP contribution in [0.25, 0.3) is 0 Å². The van der Waals surface area contributed by atoms with E-state index in [0.717, 1.165) is 109 Å². The first-order chi connectivity index (χ1) is 29.0. The molecule has 0 aliphatic rings. The molecule has 6 nitrogen and oxygen atoms in total. The first-order valence-electron chi connectivity index (χ1n) is 24.8. The van der Waals surface area contributed by atoms with Crippen LogP contribution in [-0.4, -0.2) is 37.2 Å². The molecule has 0 aromatic heterocycles. The van der Waals surface area contributed by atoms with Gasteiger partial charge in [0.05, 0.1) is 0 Å². The minimum absolute atomic E-state index is 0.0948. The van der Waals surface area contributed by atoms with Crippen molar-refractivity contribution in [1.29, 1.82) is 0 Å². The van der Waals surface area contributed by atoms with Crippen LogP contribution in [0.1, 0.15) is 239 Å². The predicted octanol–water partition coefficient (Wildman–Crippen LogP) is 16.1. The fourth-order valence-corrected chi connectivity index (χ4v) is 6.78. The van der Waals surface area contributed by atoms with Gasteiger partial charge in [-0.15, -0.1) is 0 Å². The summed E-state index contributed by atoms with van der Waals surface area (Å²) in [4.78, 5) is 37.9. The number of allylic oxidation sites excluding steroid dienone is 10. The van der Waals surface area contributed by atoms with Crippen LogP contribution in [0, 0.1) is 0 Å². The van der Waals surface area contributed by atoms with Crippen molar-refractivity contribution in [3.8, 4) is 0 Å². The fraction of sp³-hybridized carbons (Fsp3) is 0.755. The Morgan fingerprint density at radius 2 is 0.678 bits per heavy atom. The molecule has 0 spiro atoms. The molecule has 0 aromatic rings. The summed E-state index contributed by atoms with van der Waals surface area (Å²) in [6, 6.07) is 0. The first-order valence-corrected chi connectivity index (χ1v) is 24.8. The van der Waals surface area contributed by atoms with E-state index in [-0.39, 0.29) is 31.1 Å². The van der Waals surface area contributed by atoms with E-state index in [4.69, 9.17) is 14.2 Å². The third-order valence-electron chi connectivity index (χ3n) is 10.5. The Bertz CT molecular complexity index is 1090. The van der Waals surface area contributed by atoms with E-state index >= 15 is 0 Å². The van der Waals surface area contributed by atoms with E-state index in [9.17, 15) is 14.4 Å². The lowest BCUT2D eigenvalue weighted by atomic mass is 10.1. The lowest BCUT2D eigenvalue weighted by Gasteiger charge is -2.18. The van der Waals surface area contributed by atoms with Gasteiger partial charge in [-0.1, -0.05) is 191 Å². The molecule has 0 radical (unpaired) electrons. The topological polar surface area (TPSA) is 78.9 Å². The molecule has 0 heterocycles. The molecule has 0 rings (SSSR count). The largest absolute Gasteiger partial charge is 0.462 e. The van der Waals surface area contributed by atoms with Crippen molar-refractivity contribution in [2.75, 3.05) is 13.2 Å². The minimum Gasteiger partial charge on any atom is -0.462 e. The number of ether oxygens (including phenoxy) is 3. The van der Waals surface area contributed by atoms with Crippen molar-refractivity contribution in [3.63, 3.8) is 0 Å². The van der Waals surface area contributed by atoms with Crippen molar-refractivity contribution >= 4 is 17.9 Å². The monoisotopic (exact) mass is 825 g/mol. The van der Waals surface area contributed by atoms with Gasteiger partial charge in [0.25, 0.3) is 0 Å². The SMILES string of the molecule is CC\C=C/C=C\C=C/CCCCCCCC(=O)OCC(COC(=O)CCCCC/C=C\CCCCCCCCC)OC(=O)CCCCC/C=C\CCCCCCCCC. The number of esters is 3. The smallest absolute Gasteiger partial charge is 0.306 e. The van der Waals surface area contributed by atoms with Crippen molar-refractivity contribution in [3.05, 3.63) is 60.8 Å². The van der Waals surface area contributed by atoms with Gasteiger partial charge in [-0.3, -0.25) is 14.4 Å². The number of unbranched alkanes of at least 4 members (excludes halogenated alkanes) is 25. The van der Waals surface area contributed by atoms with Crippen molar-refractivity contribution in [1.82, 2.24) is 0 Å². The average Bonchev–Trinajstić information content (AvgIpc) is 3.23. The van der Waals surface area contributed by atoms with E-state index in [1.54, 1.807) is 0 Å². The maximum atomic E-state index is 12.8. The number of rotatable bonds is 44. The van der Waals surface area contributed by atoms with E-state index in [1.165, 1.54) is 89.9 Å². The highest BCUT2D eigenvalue weighted by molar-refractivity contribution is 5.71. The highest BCUT2D eigenvalue weighted by Gasteiger charge is 2.19. The zero-order valence-corrected chi connectivity index (χ0v) is 38.8. The van der Waals surface area contributed by atoms with Gasteiger partial charge < -0.3 is 14.2 Å². The maximum absolute atomic E-state index is 12.8. The van der Waals surface area contributed by atoms with Crippen LogP contribution in [0.4, 0.5) is 0 Å². The van der Waals surface area contributed by atoms with Crippen molar-refractivity contribution in [2.24, 2.45) is 0 Å². The molecule has 0 aliphatic heterocycles. The standard InChI is InChI=1S/C53H92O6/c1-4-7-10-13-16-19-22-25-28-31-34-37-40-43-46-52(55)58-49-50(48-57-51(54)45-42-39-36-33-30-27-24-21-18-15-12-9-6-3)59-53(56)47-44-41-38-35-32-29-26-23-20-17-14-11-8-5-2/h9,12,15,18,21,24,28-29,31-32,50H,4-8,10-11,13-14,16-17,19-20,22-23,25-27,30,33-49H2,1-3H3/b12-9-,18-15-,24-21-,31-28-,32-29-. The summed E-state index contributed by atoms with van der Waals surface area (Å²) in [6.07, 6.45) is 57.7. The molecule has 6 heteroatoms. The molecule has 59 heavy (non-hydrogen) atoms. The summed E-state index contributed by atoms with van der Waals surface area (Å²) in [5, 5.41) is 0. The number of carbonyl (C=O) groups is 3. The Morgan fingerprint density at radius 3 is 1.08 bits per heavy atom. The van der Waals surface area contributed by atoms with Crippen LogP contribution in [-0.2, 0) is 28.6 Å². The Morgan fingerprint density at radius 1 is 0.356 bits per heavy atom. The van der Waals surface area contributed by atoms with Gasteiger partial charge in [0.1, 0.15) is 13.2 Å². The van der Waals surface area contributed by atoms with E-state index in [2.05, 4.69) is 81.5 Å². The van der Waals surface area contributed by atoms with E-state index in [1.807, 2.05) is 0 Å². The van der Waals surface area contributed by atoms with Crippen LogP contribution in [0.3, 0.4) is 0 Å². The molecule has 1 atom stereocenters. The molecule has 1 unspecified atom stereocenters. The third-order valence-corrected chi connectivity index (χ3v) is 10.5. The second kappa shape index (κ2) is 47.8. The first kappa shape index (κ1) is 56.1. The summed E-state index contributed by atoms with van der Waals surface area (Å²) in [7, 11) is 0. The Kier molecular flexibility index (Phi) is 45.4. The molecule has 340 valence electrons. The number of hydrogen-bond donors (Lipinski definition) is 0. The van der Waals surface area contributed by atoms with Gasteiger partial charge in [0.15, 0.2) is 6.10 Å². The molecule has 0 saturated heterocycles. The van der Waals surface area contributed by atoms with Gasteiger partial charge in [0, 0.05) is 19.3 Å². The number of hydrogen-bond acceptors (Lipinski definition) is 6. The second-order valence-electron chi connectivity index (χ2n) is 16.4. The molecule has 0 N–H and O–H groups in total. The lowest BCUT2D eigenvalue weighted by molar-refractivity contribution is -0.167. The van der Waals surface area contributed by atoms with Crippen LogP contribution >= 0.6 is 0 Å². The van der Waals surface area contributed by atoms with Gasteiger partial charge in [0.2, 0.25) is 0 Å². The Labute approximate surface area is 364 Å². The van der Waals surface area contributed by atoms with Crippen molar-refractivity contribution < 1.29 is 28.6 Å². The normalized spacial score (nSPS) is 12.5. The molecule has 0 aliphatic carbocycles. The molecule has 0 aromatic carbocycles. The predicted molar refractivity (Wildman–Crippen MR) is 251 cm³/mol. The Balaban J connectivity index is 4.45. The van der Waals surface area contributed by atoms with Gasteiger partial charge in [-0.25, -0.2) is 0 Å². The molecular formula is C53H92O6. The summed E-state index contributed by atoms with van der Waals surface area (Å²) in [5.41, 5.74) is 0. The lowest BCUT2D eigenvalue weighted by Crippen LogP contribution is -2.30. The van der Waals surface area contributed by atoms with Crippen LogP contribution in [0.5, 0.6) is 0 Å². The molecular weight excluding hydrogens is 733 g/mol. The van der Waals surface area contributed by atoms with Gasteiger partial charge in [-0.05, 0) is 89.9 Å². The molecule has 0 fully saturated rings. The quantitative estimate of drug-likeness (QED) is 0.0200. The van der Waals surface area contributed by atoms with Crippen LogP contribution in [0.2, 0.25) is 0 Å². The van der Waals surface area contributed by atoms with Crippen LogP contribution in [0.15, 0.2) is 60.8 Å². The van der Waals surface area contributed by atoms with Gasteiger partial charge >= 0.3 is 17.9 Å². The fourth-order valence-electron chi connectivity index (χ4n) is 6.78. The van der Waals surface area contributed by atoms with E-state index < -0.39 is 6.10 Å². The van der Waals surface area contributed by atoms with Gasteiger partial charge in [-0.2, -0.15) is 0 Å². The zero-order chi connectivity index (χ0) is 43.0. The maximum Gasteiger partial charge on any atom is 0.306 e. The van der Waals surface area contributed by atoms with Crippen molar-refractivity contribution in [2.45, 2.75) is 245 Å². The zero-order valence-electron chi connectivity index (χ0n) is 38.8.